The normalized spacial score (nSPS) is 28.3. The molecule has 1 saturated carbocycles. The molecule has 0 spiro atoms. The summed E-state index contributed by atoms with van der Waals surface area (Å²) in [6, 6.07) is 0. The summed E-state index contributed by atoms with van der Waals surface area (Å²) in [5.74, 6) is 3.64. The van der Waals surface area contributed by atoms with Gasteiger partial charge >= 0.3 is 0 Å². The highest BCUT2D eigenvalue weighted by Crippen LogP contribution is 2.36. The van der Waals surface area contributed by atoms with Crippen LogP contribution in [0.5, 0.6) is 0 Å². The van der Waals surface area contributed by atoms with E-state index in [1.807, 2.05) is 0 Å². The maximum absolute atomic E-state index is 3.66. The minimum Gasteiger partial charge on any atom is -0.316 e. The molecule has 1 fully saturated rings. The molecule has 0 aromatic heterocycles. The van der Waals surface area contributed by atoms with Crippen LogP contribution in [0.1, 0.15) is 59.8 Å². The molecule has 0 aromatic rings. The lowest BCUT2D eigenvalue weighted by Gasteiger charge is -2.35. The van der Waals surface area contributed by atoms with Gasteiger partial charge in [0.15, 0.2) is 0 Å². The van der Waals surface area contributed by atoms with Crippen LogP contribution in [0, 0.1) is 23.7 Å². The molecule has 0 amide bonds. The summed E-state index contributed by atoms with van der Waals surface area (Å²) in [6.45, 7) is 11.8. The number of hydrogen-bond acceptors (Lipinski definition) is 1. The third-order valence-corrected chi connectivity index (χ3v) is 4.30. The zero-order valence-electron chi connectivity index (χ0n) is 11.8. The van der Waals surface area contributed by atoms with Crippen LogP contribution in [0.15, 0.2) is 0 Å². The standard InChI is InChI=1S/C15H31N/c1-5-13(4)15-9-7-6-8-14(15)11-16-10-12(2)3/h12-16H,5-11H2,1-4H3. The van der Waals surface area contributed by atoms with E-state index >= 15 is 0 Å². The Morgan fingerprint density at radius 3 is 2.44 bits per heavy atom. The van der Waals surface area contributed by atoms with Gasteiger partial charge in [-0.15, -0.1) is 0 Å². The van der Waals surface area contributed by atoms with Crippen molar-refractivity contribution in [3.8, 4) is 0 Å². The first-order valence-corrected chi connectivity index (χ1v) is 7.35. The zero-order valence-corrected chi connectivity index (χ0v) is 11.8. The second-order valence-corrected chi connectivity index (χ2v) is 6.15. The Bertz CT molecular complexity index is 176. The summed E-state index contributed by atoms with van der Waals surface area (Å²) < 4.78 is 0. The van der Waals surface area contributed by atoms with E-state index < -0.39 is 0 Å². The van der Waals surface area contributed by atoms with Crippen LogP contribution in [0.4, 0.5) is 0 Å². The SMILES string of the molecule is CCC(C)C1CCCCC1CNCC(C)C. The van der Waals surface area contributed by atoms with E-state index in [1.54, 1.807) is 0 Å². The van der Waals surface area contributed by atoms with Gasteiger partial charge in [-0.1, -0.05) is 47.0 Å². The smallest absolute Gasteiger partial charge is 0.00177 e. The van der Waals surface area contributed by atoms with E-state index in [0.29, 0.717) is 0 Å². The Balaban J connectivity index is 2.35. The lowest BCUT2D eigenvalue weighted by atomic mass is 9.72. The Kier molecular flexibility index (Phi) is 6.41. The largest absolute Gasteiger partial charge is 0.316 e. The maximum Gasteiger partial charge on any atom is -0.00177 e. The Labute approximate surface area is 102 Å². The molecular formula is C15H31N. The lowest BCUT2D eigenvalue weighted by molar-refractivity contribution is 0.163. The number of hydrogen-bond donors (Lipinski definition) is 1. The molecule has 1 aliphatic carbocycles. The summed E-state index contributed by atoms with van der Waals surface area (Å²) >= 11 is 0. The minimum absolute atomic E-state index is 0.783. The molecule has 0 aliphatic heterocycles. The first-order valence-electron chi connectivity index (χ1n) is 7.35. The highest BCUT2D eigenvalue weighted by atomic mass is 14.9. The van der Waals surface area contributed by atoms with Gasteiger partial charge in [0.25, 0.3) is 0 Å². The predicted molar refractivity (Wildman–Crippen MR) is 72.6 cm³/mol. The van der Waals surface area contributed by atoms with Crippen molar-refractivity contribution in [3.05, 3.63) is 0 Å². The van der Waals surface area contributed by atoms with E-state index in [1.165, 1.54) is 45.2 Å². The van der Waals surface area contributed by atoms with Crippen LogP contribution in [0.3, 0.4) is 0 Å². The first-order chi connectivity index (χ1) is 7.65. The lowest BCUT2D eigenvalue weighted by Crippen LogP contribution is -2.35. The van der Waals surface area contributed by atoms with E-state index in [-0.39, 0.29) is 0 Å². The molecule has 3 atom stereocenters. The fourth-order valence-corrected chi connectivity index (χ4v) is 3.10. The van der Waals surface area contributed by atoms with E-state index in [0.717, 1.165) is 23.7 Å². The van der Waals surface area contributed by atoms with Gasteiger partial charge in [-0.05, 0) is 49.6 Å². The minimum atomic E-state index is 0.783. The van der Waals surface area contributed by atoms with Gasteiger partial charge in [0.05, 0.1) is 0 Å². The molecule has 0 aromatic carbocycles. The molecular weight excluding hydrogens is 194 g/mol. The van der Waals surface area contributed by atoms with E-state index in [9.17, 15) is 0 Å². The molecule has 1 rings (SSSR count). The van der Waals surface area contributed by atoms with Crippen molar-refractivity contribution in [1.29, 1.82) is 0 Å². The molecule has 96 valence electrons. The van der Waals surface area contributed by atoms with Crippen molar-refractivity contribution in [2.75, 3.05) is 13.1 Å². The summed E-state index contributed by atoms with van der Waals surface area (Å²) in [5.41, 5.74) is 0. The predicted octanol–water partition coefficient (Wildman–Crippen LogP) is 4.08. The molecule has 1 nitrogen and oxygen atoms in total. The van der Waals surface area contributed by atoms with Crippen LogP contribution in [0.2, 0.25) is 0 Å². The molecule has 1 aliphatic rings. The van der Waals surface area contributed by atoms with Crippen LogP contribution in [-0.4, -0.2) is 13.1 Å². The Morgan fingerprint density at radius 1 is 1.12 bits per heavy atom. The molecule has 0 saturated heterocycles. The fraction of sp³-hybridized carbons (Fsp3) is 1.00. The molecule has 1 N–H and O–H groups in total. The number of rotatable bonds is 6. The van der Waals surface area contributed by atoms with Gasteiger partial charge in [-0.3, -0.25) is 0 Å². The molecule has 3 unspecified atom stereocenters. The Hall–Kier alpha value is -0.0400. The summed E-state index contributed by atoms with van der Waals surface area (Å²) in [4.78, 5) is 0. The third kappa shape index (κ3) is 4.45. The van der Waals surface area contributed by atoms with Crippen molar-refractivity contribution >= 4 is 0 Å². The van der Waals surface area contributed by atoms with Gasteiger partial charge in [-0.25, -0.2) is 0 Å². The quantitative estimate of drug-likeness (QED) is 0.718. The van der Waals surface area contributed by atoms with Crippen LogP contribution < -0.4 is 5.32 Å². The third-order valence-electron chi connectivity index (χ3n) is 4.30. The molecule has 16 heavy (non-hydrogen) atoms. The highest BCUT2D eigenvalue weighted by Gasteiger charge is 2.28. The van der Waals surface area contributed by atoms with Crippen molar-refractivity contribution in [3.63, 3.8) is 0 Å². The van der Waals surface area contributed by atoms with Gasteiger partial charge in [-0.2, -0.15) is 0 Å². The summed E-state index contributed by atoms with van der Waals surface area (Å²) in [6.07, 6.45) is 7.21. The van der Waals surface area contributed by atoms with Crippen LogP contribution >= 0.6 is 0 Å². The van der Waals surface area contributed by atoms with E-state index in [2.05, 4.69) is 33.0 Å². The molecule has 0 heterocycles. The second-order valence-electron chi connectivity index (χ2n) is 6.15. The van der Waals surface area contributed by atoms with Gasteiger partial charge in [0, 0.05) is 0 Å². The van der Waals surface area contributed by atoms with Crippen molar-refractivity contribution in [2.45, 2.75) is 59.8 Å². The highest BCUT2D eigenvalue weighted by molar-refractivity contribution is 4.80. The average molecular weight is 225 g/mol. The van der Waals surface area contributed by atoms with Crippen LogP contribution in [-0.2, 0) is 0 Å². The van der Waals surface area contributed by atoms with Crippen molar-refractivity contribution in [2.24, 2.45) is 23.7 Å². The van der Waals surface area contributed by atoms with Gasteiger partial charge in [0.2, 0.25) is 0 Å². The first kappa shape index (κ1) is 14.0. The van der Waals surface area contributed by atoms with Gasteiger partial charge < -0.3 is 5.32 Å². The molecule has 1 heteroatoms. The molecule has 0 radical (unpaired) electrons. The van der Waals surface area contributed by atoms with Gasteiger partial charge in [0.1, 0.15) is 0 Å². The topological polar surface area (TPSA) is 12.0 Å². The summed E-state index contributed by atoms with van der Waals surface area (Å²) in [5, 5.41) is 3.66. The van der Waals surface area contributed by atoms with Crippen molar-refractivity contribution in [1.82, 2.24) is 5.32 Å². The number of nitrogens with one attached hydrogen (secondary N) is 1. The fourth-order valence-electron chi connectivity index (χ4n) is 3.10. The van der Waals surface area contributed by atoms with Crippen LogP contribution in [0.25, 0.3) is 0 Å². The average Bonchev–Trinajstić information content (AvgIpc) is 2.28. The second kappa shape index (κ2) is 7.32. The maximum atomic E-state index is 3.66. The summed E-state index contributed by atoms with van der Waals surface area (Å²) in [7, 11) is 0. The monoisotopic (exact) mass is 225 g/mol. The van der Waals surface area contributed by atoms with E-state index in [4.69, 9.17) is 0 Å². The Morgan fingerprint density at radius 2 is 1.81 bits per heavy atom. The zero-order chi connectivity index (χ0) is 12.0. The van der Waals surface area contributed by atoms with Crippen molar-refractivity contribution < 1.29 is 0 Å². The molecule has 0 bridgehead atoms.